The predicted molar refractivity (Wildman–Crippen MR) is 90.6 cm³/mol. The van der Waals surface area contributed by atoms with E-state index < -0.39 is 48.0 Å². The van der Waals surface area contributed by atoms with E-state index in [1.807, 2.05) is 0 Å². The summed E-state index contributed by atoms with van der Waals surface area (Å²) in [6, 6.07) is 5.66. The molecule has 0 aliphatic carbocycles. The highest BCUT2D eigenvalue weighted by molar-refractivity contribution is 6.30. The van der Waals surface area contributed by atoms with Gasteiger partial charge in [0, 0.05) is 25.8 Å². The average molecular weight is 398 g/mol. The number of esters is 3. The highest BCUT2D eigenvalue weighted by atomic mass is 35.5. The summed E-state index contributed by atoms with van der Waals surface area (Å²) in [6.45, 7) is 3.13. The summed E-state index contributed by atoms with van der Waals surface area (Å²) in [7, 11) is 0. The molecule has 0 saturated carbocycles. The number of piperidine rings is 1. The van der Waals surface area contributed by atoms with Gasteiger partial charge in [0.05, 0.1) is 5.69 Å². The van der Waals surface area contributed by atoms with Crippen molar-refractivity contribution in [1.29, 1.82) is 0 Å². The Morgan fingerprint density at radius 3 is 1.59 bits per heavy atom. The van der Waals surface area contributed by atoms with Crippen molar-refractivity contribution >= 4 is 47.0 Å². The largest absolute Gasteiger partial charge is 0.453 e. The molecule has 0 bridgehead atoms. The molecular weight excluding hydrogens is 382 g/mol. The lowest BCUT2D eigenvalue weighted by Gasteiger charge is -2.39. The summed E-state index contributed by atoms with van der Waals surface area (Å²) in [5.41, 5.74) is 0.116. The van der Waals surface area contributed by atoms with Crippen molar-refractivity contribution in [1.82, 2.24) is 0 Å². The fraction of sp³-hybridized carbons (Fsp3) is 0.353. The number of carbonyl (C=O) groups is 5. The molecule has 144 valence electrons. The Balaban J connectivity index is 2.53. The van der Waals surface area contributed by atoms with Crippen LogP contribution in [0.1, 0.15) is 20.8 Å². The van der Waals surface area contributed by atoms with Crippen molar-refractivity contribution in [2.75, 3.05) is 4.90 Å². The number of anilines is 1. The third-order valence-electron chi connectivity index (χ3n) is 3.50. The maximum Gasteiger partial charge on any atom is 0.303 e. The quantitative estimate of drug-likeness (QED) is 0.420. The first-order valence-electron chi connectivity index (χ1n) is 7.77. The van der Waals surface area contributed by atoms with Gasteiger partial charge in [0.2, 0.25) is 12.2 Å². The van der Waals surface area contributed by atoms with E-state index in [2.05, 4.69) is 0 Å². The number of nitrogens with zero attached hydrogens (tertiary/aromatic N) is 1. The van der Waals surface area contributed by atoms with Crippen molar-refractivity contribution in [2.45, 2.75) is 39.1 Å². The molecule has 27 heavy (non-hydrogen) atoms. The van der Waals surface area contributed by atoms with E-state index in [9.17, 15) is 24.0 Å². The van der Waals surface area contributed by atoms with Crippen LogP contribution in [0.3, 0.4) is 0 Å². The molecule has 2 amide bonds. The zero-order valence-electron chi connectivity index (χ0n) is 14.6. The monoisotopic (exact) mass is 397 g/mol. The lowest BCUT2D eigenvalue weighted by Crippen LogP contribution is -2.65. The molecule has 0 unspecified atom stereocenters. The summed E-state index contributed by atoms with van der Waals surface area (Å²) in [6.07, 6.45) is -4.97. The van der Waals surface area contributed by atoms with Crippen LogP contribution >= 0.6 is 11.6 Å². The number of benzene rings is 1. The van der Waals surface area contributed by atoms with Gasteiger partial charge in [-0.25, -0.2) is 4.90 Å². The van der Waals surface area contributed by atoms with E-state index in [0.29, 0.717) is 9.92 Å². The van der Waals surface area contributed by atoms with Crippen LogP contribution in [-0.4, -0.2) is 48.0 Å². The maximum atomic E-state index is 12.8. The van der Waals surface area contributed by atoms with Crippen LogP contribution < -0.4 is 4.90 Å². The van der Waals surface area contributed by atoms with Crippen molar-refractivity contribution in [3.63, 3.8) is 0 Å². The predicted octanol–water partition coefficient (Wildman–Crippen LogP) is 1.01. The molecule has 1 saturated heterocycles. The number of halogens is 1. The van der Waals surface area contributed by atoms with Crippen LogP contribution in [0.5, 0.6) is 0 Å². The van der Waals surface area contributed by atoms with E-state index in [0.717, 1.165) is 20.8 Å². The lowest BCUT2D eigenvalue weighted by atomic mass is 9.98. The number of hydrogen-bond donors (Lipinski definition) is 0. The van der Waals surface area contributed by atoms with Gasteiger partial charge < -0.3 is 14.2 Å². The molecular formula is C17H16ClNO8. The second-order valence-corrected chi connectivity index (χ2v) is 6.06. The number of hydrogen-bond acceptors (Lipinski definition) is 8. The molecule has 9 nitrogen and oxygen atoms in total. The van der Waals surface area contributed by atoms with E-state index in [1.54, 1.807) is 0 Å². The SMILES string of the molecule is CC(=O)OC1[C@@H](OC(C)=O)C(=O)N(c2ccc(Cl)cc2)C(=O)[C@@H]1OC(C)=O. The van der Waals surface area contributed by atoms with Gasteiger partial charge in [-0.1, -0.05) is 11.6 Å². The van der Waals surface area contributed by atoms with Crippen LogP contribution in [-0.2, 0) is 38.2 Å². The van der Waals surface area contributed by atoms with Crippen molar-refractivity contribution in [3.8, 4) is 0 Å². The number of imide groups is 1. The fourth-order valence-electron chi connectivity index (χ4n) is 2.56. The fourth-order valence-corrected chi connectivity index (χ4v) is 2.68. The summed E-state index contributed by atoms with van der Waals surface area (Å²) in [5.74, 6) is -4.45. The molecule has 1 aromatic carbocycles. The Bertz CT molecular complexity index is 755. The van der Waals surface area contributed by atoms with Gasteiger partial charge in [-0.15, -0.1) is 0 Å². The Kier molecular flexibility index (Phi) is 6.17. The van der Waals surface area contributed by atoms with Crippen LogP contribution in [0.15, 0.2) is 24.3 Å². The van der Waals surface area contributed by atoms with Crippen molar-refractivity contribution in [2.24, 2.45) is 0 Å². The number of ether oxygens (including phenoxy) is 3. The Hall–Kier alpha value is -2.94. The molecule has 10 heteroatoms. The first kappa shape index (κ1) is 20.4. The minimum atomic E-state index is -1.68. The number of rotatable bonds is 4. The summed E-state index contributed by atoms with van der Waals surface area (Å²) < 4.78 is 14.9. The molecule has 1 fully saturated rings. The van der Waals surface area contributed by atoms with Crippen molar-refractivity contribution < 1.29 is 38.2 Å². The average Bonchev–Trinajstić information content (AvgIpc) is 2.56. The van der Waals surface area contributed by atoms with Crippen LogP contribution in [0.25, 0.3) is 0 Å². The first-order chi connectivity index (χ1) is 12.6. The molecule has 0 spiro atoms. The smallest absolute Gasteiger partial charge is 0.303 e. The minimum absolute atomic E-state index is 0.116. The highest BCUT2D eigenvalue weighted by Gasteiger charge is 2.54. The first-order valence-corrected chi connectivity index (χ1v) is 8.14. The molecule has 2 atom stereocenters. The Morgan fingerprint density at radius 1 is 0.815 bits per heavy atom. The standard InChI is InChI=1S/C17H16ClNO8/c1-8(20)25-13-14(26-9(2)21)16(23)19(12-6-4-11(18)5-7-12)17(24)15(13)27-10(3)22/h4-7,13-15H,1-3H3/t14-,15-/m1/s1. The third kappa shape index (κ3) is 4.62. The summed E-state index contributed by atoms with van der Waals surface area (Å²) in [5, 5.41) is 0.363. The minimum Gasteiger partial charge on any atom is -0.453 e. The molecule has 1 heterocycles. The third-order valence-corrected chi connectivity index (χ3v) is 3.75. The van der Waals surface area contributed by atoms with Gasteiger partial charge in [-0.3, -0.25) is 24.0 Å². The van der Waals surface area contributed by atoms with Crippen LogP contribution in [0.2, 0.25) is 5.02 Å². The van der Waals surface area contributed by atoms with Gasteiger partial charge in [0.15, 0.2) is 6.10 Å². The number of carbonyl (C=O) groups excluding carboxylic acids is 5. The normalized spacial score (nSPS) is 20.2. The van der Waals surface area contributed by atoms with E-state index in [-0.39, 0.29) is 5.69 Å². The van der Waals surface area contributed by atoms with Crippen LogP contribution in [0.4, 0.5) is 5.69 Å². The molecule has 0 aromatic heterocycles. The van der Waals surface area contributed by atoms with E-state index in [4.69, 9.17) is 25.8 Å². The van der Waals surface area contributed by atoms with E-state index in [1.165, 1.54) is 24.3 Å². The summed E-state index contributed by atoms with van der Waals surface area (Å²) >= 11 is 5.81. The molecule has 1 aliphatic heterocycles. The molecule has 0 N–H and O–H groups in total. The second kappa shape index (κ2) is 8.17. The zero-order chi connectivity index (χ0) is 20.3. The Labute approximate surface area is 159 Å². The maximum absolute atomic E-state index is 12.8. The van der Waals surface area contributed by atoms with Gasteiger partial charge in [-0.05, 0) is 24.3 Å². The Morgan fingerprint density at radius 2 is 1.22 bits per heavy atom. The second-order valence-electron chi connectivity index (χ2n) is 5.62. The summed E-state index contributed by atoms with van der Waals surface area (Å²) in [4.78, 5) is 60.7. The molecule has 2 rings (SSSR count). The molecule has 1 aliphatic rings. The van der Waals surface area contributed by atoms with E-state index >= 15 is 0 Å². The highest BCUT2D eigenvalue weighted by Crippen LogP contribution is 2.29. The van der Waals surface area contributed by atoms with Gasteiger partial charge in [-0.2, -0.15) is 0 Å². The number of amides is 2. The molecule has 0 radical (unpaired) electrons. The van der Waals surface area contributed by atoms with Gasteiger partial charge in [0.25, 0.3) is 11.8 Å². The topological polar surface area (TPSA) is 116 Å². The van der Waals surface area contributed by atoms with Gasteiger partial charge in [0.1, 0.15) is 0 Å². The zero-order valence-corrected chi connectivity index (χ0v) is 15.4. The van der Waals surface area contributed by atoms with Gasteiger partial charge >= 0.3 is 17.9 Å². The van der Waals surface area contributed by atoms with Crippen LogP contribution in [0, 0.1) is 0 Å². The lowest BCUT2D eigenvalue weighted by molar-refractivity contribution is -0.191. The van der Waals surface area contributed by atoms with Crippen molar-refractivity contribution in [3.05, 3.63) is 29.3 Å². The molecule has 1 aromatic rings.